The highest BCUT2D eigenvalue weighted by Crippen LogP contribution is 2.33. The summed E-state index contributed by atoms with van der Waals surface area (Å²) in [5.74, 6) is 0.900. The maximum atomic E-state index is 12.4. The molecular weight excluding hydrogens is 249 g/mol. The van der Waals surface area contributed by atoms with Crippen LogP contribution in [0, 0.1) is 0 Å². The Kier molecular flexibility index (Phi) is 4.56. The van der Waals surface area contributed by atoms with Crippen LogP contribution in [0.1, 0.15) is 5.56 Å². The zero-order valence-electron chi connectivity index (χ0n) is 9.71. The Balaban J connectivity index is 2.90. The number of benzene rings is 1. The first-order valence-corrected chi connectivity index (χ1v) is 6.42. The summed E-state index contributed by atoms with van der Waals surface area (Å²) >= 11 is 1.68. The summed E-state index contributed by atoms with van der Waals surface area (Å²) in [4.78, 5) is 1.85. The number of nitrogens with two attached hydrogens (primary N) is 1. The first kappa shape index (κ1) is 14.0. The number of nitrogen functional groups attached to an aromatic ring is 1. The summed E-state index contributed by atoms with van der Waals surface area (Å²) in [6, 6.07) is 3.45. The summed E-state index contributed by atoms with van der Waals surface area (Å²) in [6.45, 7) is 0.747. The second-order valence-corrected chi connectivity index (χ2v) is 4.67. The minimum atomic E-state index is -4.34. The lowest BCUT2D eigenvalue weighted by atomic mass is 10.1. The Hall–Kier alpha value is -1.04. The molecule has 1 aromatic carbocycles. The van der Waals surface area contributed by atoms with Crippen LogP contribution in [0.4, 0.5) is 24.5 Å². The summed E-state index contributed by atoms with van der Waals surface area (Å²) in [6.07, 6.45) is -2.37. The number of thioether (sulfide) groups is 1. The average Bonchev–Trinajstić information content (AvgIpc) is 2.24. The highest BCUT2D eigenvalue weighted by Gasteiger charge is 2.30. The number of halogens is 3. The summed E-state index contributed by atoms with van der Waals surface area (Å²) in [5, 5.41) is 0. The van der Waals surface area contributed by atoms with Gasteiger partial charge in [0.2, 0.25) is 0 Å². The SMILES string of the molecule is CSCCN(C)c1ccc(C(F)(F)F)cc1N. The van der Waals surface area contributed by atoms with E-state index in [1.165, 1.54) is 6.07 Å². The third-order valence-corrected chi connectivity index (χ3v) is 2.99. The third-order valence-electron chi connectivity index (χ3n) is 2.40. The van der Waals surface area contributed by atoms with E-state index in [4.69, 9.17) is 5.73 Å². The Labute approximate surface area is 103 Å². The van der Waals surface area contributed by atoms with Gasteiger partial charge in [-0.15, -0.1) is 0 Å². The van der Waals surface area contributed by atoms with Gasteiger partial charge in [-0.1, -0.05) is 0 Å². The van der Waals surface area contributed by atoms with Crippen molar-refractivity contribution in [3.63, 3.8) is 0 Å². The van der Waals surface area contributed by atoms with Crippen molar-refractivity contribution in [1.82, 2.24) is 0 Å². The molecule has 2 N–H and O–H groups in total. The van der Waals surface area contributed by atoms with Gasteiger partial charge in [0, 0.05) is 19.3 Å². The van der Waals surface area contributed by atoms with Gasteiger partial charge in [0.1, 0.15) is 0 Å². The molecule has 0 aliphatic heterocycles. The fourth-order valence-corrected chi connectivity index (χ4v) is 1.88. The zero-order valence-corrected chi connectivity index (χ0v) is 10.5. The van der Waals surface area contributed by atoms with E-state index in [9.17, 15) is 13.2 Å². The summed E-state index contributed by atoms with van der Waals surface area (Å²) in [5.41, 5.74) is 5.72. The van der Waals surface area contributed by atoms with Gasteiger partial charge in [-0.2, -0.15) is 24.9 Å². The van der Waals surface area contributed by atoms with Crippen LogP contribution in [0.2, 0.25) is 0 Å². The van der Waals surface area contributed by atoms with Gasteiger partial charge in [0.05, 0.1) is 16.9 Å². The van der Waals surface area contributed by atoms with Crippen LogP contribution in [0.5, 0.6) is 0 Å². The second kappa shape index (κ2) is 5.53. The first-order valence-electron chi connectivity index (χ1n) is 5.03. The summed E-state index contributed by atoms with van der Waals surface area (Å²) < 4.78 is 37.3. The van der Waals surface area contributed by atoms with Gasteiger partial charge in [0.15, 0.2) is 0 Å². The number of hydrogen-bond donors (Lipinski definition) is 1. The van der Waals surface area contributed by atoms with Crippen molar-refractivity contribution in [2.24, 2.45) is 0 Å². The molecule has 0 saturated heterocycles. The van der Waals surface area contributed by atoms with Crippen molar-refractivity contribution in [2.75, 3.05) is 36.2 Å². The van der Waals surface area contributed by atoms with Crippen molar-refractivity contribution in [2.45, 2.75) is 6.18 Å². The maximum absolute atomic E-state index is 12.4. The molecule has 2 nitrogen and oxygen atoms in total. The Bertz CT molecular complexity index is 379. The average molecular weight is 264 g/mol. The Morgan fingerprint density at radius 2 is 2.00 bits per heavy atom. The molecule has 6 heteroatoms. The molecule has 0 fully saturated rings. The predicted molar refractivity (Wildman–Crippen MR) is 67.5 cm³/mol. The van der Waals surface area contributed by atoms with Crippen molar-refractivity contribution >= 4 is 23.1 Å². The van der Waals surface area contributed by atoms with Crippen molar-refractivity contribution in [3.8, 4) is 0 Å². The Morgan fingerprint density at radius 1 is 1.35 bits per heavy atom. The van der Waals surface area contributed by atoms with E-state index in [1.807, 2.05) is 18.2 Å². The monoisotopic (exact) mass is 264 g/mol. The molecule has 0 spiro atoms. The van der Waals surface area contributed by atoms with E-state index in [1.54, 1.807) is 11.8 Å². The summed E-state index contributed by atoms with van der Waals surface area (Å²) in [7, 11) is 1.81. The molecule has 96 valence electrons. The van der Waals surface area contributed by atoms with Crippen LogP contribution < -0.4 is 10.6 Å². The standard InChI is InChI=1S/C11H15F3N2S/c1-16(5-6-17-2)10-4-3-8(7-9(10)15)11(12,13)14/h3-4,7H,5-6,15H2,1-2H3. The minimum Gasteiger partial charge on any atom is -0.397 e. The van der Waals surface area contributed by atoms with E-state index in [-0.39, 0.29) is 5.69 Å². The molecule has 1 aromatic rings. The first-order chi connectivity index (χ1) is 7.86. The van der Waals surface area contributed by atoms with E-state index in [2.05, 4.69) is 0 Å². The molecule has 1 rings (SSSR count). The molecule has 0 bridgehead atoms. The fourth-order valence-electron chi connectivity index (χ4n) is 1.43. The number of anilines is 2. The van der Waals surface area contributed by atoms with E-state index in [0.29, 0.717) is 5.69 Å². The third kappa shape index (κ3) is 3.73. The van der Waals surface area contributed by atoms with Crippen molar-refractivity contribution < 1.29 is 13.2 Å². The molecule has 0 heterocycles. The van der Waals surface area contributed by atoms with E-state index < -0.39 is 11.7 Å². The van der Waals surface area contributed by atoms with Gasteiger partial charge in [0.25, 0.3) is 0 Å². The van der Waals surface area contributed by atoms with Gasteiger partial charge in [-0.05, 0) is 24.5 Å². The molecule has 0 radical (unpaired) electrons. The number of rotatable bonds is 4. The van der Waals surface area contributed by atoms with Crippen LogP contribution in [-0.4, -0.2) is 25.6 Å². The molecule has 0 atom stereocenters. The number of alkyl halides is 3. The molecule has 0 saturated carbocycles. The van der Waals surface area contributed by atoms with Crippen molar-refractivity contribution in [3.05, 3.63) is 23.8 Å². The van der Waals surface area contributed by atoms with E-state index in [0.717, 1.165) is 24.4 Å². The lowest BCUT2D eigenvalue weighted by Gasteiger charge is -2.21. The van der Waals surface area contributed by atoms with Gasteiger partial charge >= 0.3 is 6.18 Å². The van der Waals surface area contributed by atoms with Gasteiger partial charge in [-0.3, -0.25) is 0 Å². The quantitative estimate of drug-likeness (QED) is 0.847. The highest BCUT2D eigenvalue weighted by atomic mass is 32.2. The predicted octanol–water partition coefficient (Wildman–Crippen LogP) is 3.09. The molecule has 0 aliphatic carbocycles. The molecule has 0 unspecified atom stereocenters. The maximum Gasteiger partial charge on any atom is 0.416 e. The van der Waals surface area contributed by atoms with Crippen LogP contribution in [-0.2, 0) is 6.18 Å². The molecular formula is C11H15F3N2S. The van der Waals surface area contributed by atoms with Crippen LogP contribution in [0.15, 0.2) is 18.2 Å². The topological polar surface area (TPSA) is 29.3 Å². The van der Waals surface area contributed by atoms with E-state index >= 15 is 0 Å². The molecule has 0 aromatic heterocycles. The van der Waals surface area contributed by atoms with Crippen LogP contribution in [0.3, 0.4) is 0 Å². The van der Waals surface area contributed by atoms with Crippen molar-refractivity contribution in [1.29, 1.82) is 0 Å². The van der Waals surface area contributed by atoms with Crippen LogP contribution in [0.25, 0.3) is 0 Å². The van der Waals surface area contributed by atoms with Crippen LogP contribution >= 0.6 is 11.8 Å². The number of hydrogen-bond acceptors (Lipinski definition) is 3. The minimum absolute atomic E-state index is 0.156. The lowest BCUT2D eigenvalue weighted by molar-refractivity contribution is -0.137. The largest absolute Gasteiger partial charge is 0.416 e. The Morgan fingerprint density at radius 3 is 2.47 bits per heavy atom. The molecule has 0 amide bonds. The molecule has 17 heavy (non-hydrogen) atoms. The lowest BCUT2D eigenvalue weighted by Crippen LogP contribution is -2.21. The normalized spacial score (nSPS) is 11.6. The fraction of sp³-hybridized carbons (Fsp3) is 0.455. The second-order valence-electron chi connectivity index (χ2n) is 3.69. The number of nitrogens with zero attached hydrogens (tertiary/aromatic N) is 1. The zero-order chi connectivity index (χ0) is 13.1. The smallest absolute Gasteiger partial charge is 0.397 e. The molecule has 0 aliphatic rings. The highest BCUT2D eigenvalue weighted by molar-refractivity contribution is 7.98. The van der Waals surface area contributed by atoms with Gasteiger partial charge < -0.3 is 10.6 Å². The van der Waals surface area contributed by atoms with Gasteiger partial charge in [-0.25, -0.2) is 0 Å².